The van der Waals surface area contributed by atoms with E-state index < -0.39 is 0 Å². The van der Waals surface area contributed by atoms with Crippen LogP contribution < -0.4 is 10.2 Å². The van der Waals surface area contributed by atoms with Crippen molar-refractivity contribution in [1.82, 2.24) is 10.2 Å². The molecule has 2 aliphatic rings. The lowest BCUT2D eigenvalue weighted by Gasteiger charge is -2.37. The van der Waals surface area contributed by atoms with E-state index in [1.807, 2.05) is 4.90 Å². The molecule has 0 spiro atoms. The van der Waals surface area contributed by atoms with Crippen molar-refractivity contribution in [3.05, 3.63) is 30.1 Å². The van der Waals surface area contributed by atoms with Crippen LogP contribution in [0.5, 0.6) is 0 Å². The predicted octanol–water partition coefficient (Wildman–Crippen LogP) is 0.853. The van der Waals surface area contributed by atoms with Gasteiger partial charge in [0.15, 0.2) is 0 Å². The summed E-state index contributed by atoms with van der Waals surface area (Å²) in [5.41, 5.74) is 1.01. The third-order valence-corrected chi connectivity index (χ3v) is 4.24. The molecule has 2 heterocycles. The van der Waals surface area contributed by atoms with Gasteiger partial charge in [0.05, 0.1) is 13.2 Å². The number of morpholine rings is 1. The summed E-state index contributed by atoms with van der Waals surface area (Å²) in [6.45, 7) is 5.14. The van der Waals surface area contributed by atoms with Crippen molar-refractivity contribution in [3.63, 3.8) is 0 Å². The maximum atomic E-state index is 13.0. The summed E-state index contributed by atoms with van der Waals surface area (Å²) < 4.78 is 18.3. The average molecular weight is 307 g/mol. The molecule has 1 N–H and O–H groups in total. The Morgan fingerprint density at radius 3 is 2.59 bits per heavy atom. The molecule has 2 fully saturated rings. The third kappa shape index (κ3) is 3.75. The zero-order chi connectivity index (χ0) is 15.4. The second-order valence-corrected chi connectivity index (χ2v) is 5.77. The number of hydrogen-bond donors (Lipinski definition) is 1. The average Bonchev–Trinajstić information content (AvgIpc) is 2.57. The smallest absolute Gasteiger partial charge is 0.224 e. The lowest BCUT2D eigenvalue weighted by molar-refractivity contribution is -0.132. The van der Waals surface area contributed by atoms with Gasteiger partial charge in [-0.1, -0.05) is 0 Å². The molecule has 0 bridgehead atoms. The van der Waals surface area contributed by atoms with E-state index in [2.05, 4.69) is 10.2 Å². The highest BCUT2D eigenvalue weighted by atomic mass is 19.1. The van der Waals surface area contributed by atoms with E-state index in [-0.39, 0.29) is 17.8 Å². The van der Waals surface area contributed by atoms with Crippen LogP contribution >= 0.6 is 0 Å². The van der Waals surface area contributed by atoms with Crippen LogP contribution in [0.3, 0.4) is 0 Å². The van der Waals surface area contributed by atoms with E-state index in [1.165, 1.54) is 12.1 Å². The second-order valence-electron chi connectivity index (χ2n) is 5.77. The van der Waals surface area contributed by atoms with Gasteiger partial charge in [0, 0.05) is 50.9 Å². The number of rotatable bonds is 3. The number of piperazine rings is 1. The highest BCUT2D eigenvalue weighted by molar-refractivity contribution is 5.77. The van der Waals surface area contributed by atoms with Gasteiger partial charge in [-0.25, -0.2) is 4.39 Å². The summed E-state index contributed by atoms with van der Waals surface area (Å²) >= 11 is 0. The number of carbonyl (C=O) groups is 1. The van der Waals surface area contributed by atoms with Gasteiger partial charge >= 0.3 is 0 Å². The van der Waals surface area contributed by atoms with Crippen LogP contribution in [-0.4, -0.2) is 62.8 Å². The van der Waals surface area contributed by atoms with Crippen molar-refractivity contribution < 1.29 is 13.9 Å². The predicted molar refractivity (Wildman–Crippen MR) is 82.4 cm³/mol. The lowest BCUT2D eigenvalue weighted by Crippen LogP contribution is -2.51. The van der Waals surface area contributed by atoms with Crippen LogP contribution in [-0.2, 0) is 9.53 Å². The molecule has 1 unspecified atom stereocenters. The molecule has 0 aliphatic carbocycles. The Labute approximate surface area is 130 Å². The number of anilines is 1. The minimum absolute atomic E-state index is 0.136. The number of nitrogens with one attached hydrogen (secondary N) is 1. The highest BCUT2D eigenvalue weighted by Crippen LogP contribution is 2.17. The molecule has 120 valence electrons. The van der Waals surface area contributed by atoms with Gasteiger partial charge in [0.1, 0.15) is 5.82 Å². The van der Waals surface area contributed by atoms with Crippen molar-refractivity contribution in [1.29, 1.82) is 0 Å². The topological polar surface area (TPSA) is 44.8 Å². The number of nitrogens with zero attached hydrogens (tertiary/aromatic N) is 2. The maximum absolute atomic E-state index is 13.0. The van der Waals surface area contributed by atoms with Crippen molar-refractivity contribution in [2.45, 2.75) is 12.5 Å². The fourth-order valence-corrected chi connectivity index (χ4v) is 2.96. The number of amides is 1. The molecule has 6 heteroatoms. The first kappa shape index (κ1) is 15.2. The van der Waals surface area contributed by atoms with Crippen LogP contribution in [0.25, 0.3) is 0 Å². The van der Waals surface area contributed by atoms with Crippen LogP contribution in [0.4, 0.5) is 10.1 Å². The Balaban J connectivity index is 1.48. The Bertz CT molecular complexity index is 495. The molecule has 5 nitrogen and oxygen atoms in total. The molecule has 1 amide bonds. The van der Waals surface area contributed by atoms with Crippen molar-refractivity contribution >= 4 is 11.6 Å². The molecule has 1 atom stereocenters. The van der Waals surface area contributed by atoms with Crippen LogP contribution in [0.1, 0.15) is 6.42 Å². The third-order valence-electron chi connectivity index (χ3n) is 4.24. The second kappa shape index (κ2) is 7.07. The Morgan fingerprint density at radius 2 is 1.95 bits per heavy atom. The highest BCUT2D eigenvalue weighted by Gasteiger charge is 2.24. The first-order valence-electron chi connectivity index (χ1n) is 7.82. The summed E-state index contributed by atoms with van der Waals surface area (Å²) in [4.78, 5) is 16.4. The molecule has 0 saturated carbocycles. The first-order valence-corrected chi connectivity index (χ1v) is 7.82. The fourth-order valence-electron chi connectivity index (χ4n) is 2.96. The zero-order valence-corrected chi connectivity index (χ0v) is 12.6. The van der Waals surface area contributed by atoms with Crippen molar-refractivity contribution in [2.75, 3.05) is 50.8 Å². The van der Waals surface area contributed by atoms with Crippen LogP contribution in [0.2, 0.25) is 0 Å². The Morgan fingerprint density at radius 1 is 1.23 bits per heavy atom. The van der Waals surface area contributed by atoms with Gasteiger partial charge in [-0.05, 0) is 24.3 Å². The van der Waals surface area contributed by atoms with Crippen molar-refractivity contribution in [2.24, 2.45) is 0 Å². The maximum Gasteiger partial charge on any atom is 0.224 e. The van der Waals surface area contributed by atoms with Crippen molar-refractivity contribution in [3.8, 4) is 0 Å². The van der Waals surface area contributed by atoms with Gasteiger partial charge in [0.2, 0.25) is 5.91 Å². The zero-order valence-electron chi connectivity index (χ0n) is 12.6. The molecule has 22 heavy (non-hydrogen) atoms. The molecule has 0 aromatic heterocycles. The summed E-state index contributed by atoms with van der Waals surface area (Å²) in [5, 5.41) is 3.31. The number of carbonyl (C=O) groups excluding carboxylic acids is 1. The van der Waals surface area contributed by atoms with Gasteiger partial charge in [-0.15, -0.1) is 0 Å². The molecule has 1 aromatic carbocycles. The summed E-state index contributed by atoms with van der Waals surface area (Å²) in [7, 11) is 0. The monoisotopic (exact) mass is 307 g/mol. The normalized spacial score (nSPS) is 22.7. The first-order chi connectivity index (χ1) is 10.7. The lowest BCUT2D eigenvalue weighted by atomic mass is 10.1. The minimum atomic E-state index is -0.222. The number of halogens is 1. The summed E-state index contributed by atoms with van der Waals surface area (Å²) in [5.74, 6) is -0.0403. The van der Waals surface area contributed by atoms with E-state index in [0.717, 1.165) is 31.9 Å². The van der Waals surface area contributed by atoms with Gasteiger partial charge in [-0.3, -0.25) is 4.79 Å². The van der Waals surface area contributed by atoms with E-state index in [4.69, 9.17) is 4.74 Å². The van der Waals surface area contributed by atoms with E-state index in [0.29, 0.717) is 26.1 Å². The molecular formula is C16H22FN3O2. The van der Waals surface area contributed by atoms with E-state index in [1.54, 1.807) is 12.1 Å². The molecule has 2 saturated heterocycles. The van der Waals surface area contributed by atoms with E-state index in [9.17, 15) is 9.18 Å². The fraction of sp³-hybridized carbons (Fsp3) is 0.562. The van der Waals surface area contributed by atoms with Gasteiger partial charge in [0.25, 0.3) is 0 Å². The quantitative estimate of drug-likeness (QED) is 0.899. The van der Waals surface area contributed by atoms with Crippen LogP contribution in [0, 0.1) is 5.82 Å². The van der Waals surface area contributed by atoms with Gasteiger partial charge < -0.3 is 19.9 Å². The van der Waals surface area contributed by atoms with Gasteiger partial charge in [-0.2, -0.15) is 0 Å². The molecule has 3 rings (SSSR count). The number of hydrogen-bond acceptors (Lipinski definition) is 4. The standard InChI is InChI=1S/C16H22FN3O2/c17-13-1-3-15(4-2-13)19-6-8-20(9-7-19)16(21)11-14-12-22-10-5-18-14/h1-4,14,18H,5-12H2. The number of benzene rings is 1. The molecular weight excluding hydrogens is 285 g/mol. The molecule has 1 aromatic rings. The minimum Gasteiger partial charge on any atom is -0.378 e. The Kier molecular flexibility index (Phi) is 4.90. The summed E-state index contributed by atoms with van der Waals surface area (Å²) in [6, 6.07) is 6.66. The molecule has 0 radical (unpaired) electrons. The largest absolute Gasteiger partial charge is 0.378 e. The van der Waals surface area contributed by atoms with E-state index >= 15 is 0 Å². The van der Waals surface area contributed by atoms with Crippen LogP contribution in [0.15, 0.2) is 24.3 Å². The SMILES string of the molecule is O=C(CC1COCCN1)N1CCN(c2ccc(F)cc2)CC1. The Hall–Kier alpha value is -1.66. The summed E-state index contributed by atoms with van der Waals surface area (Å²) in [6.07, 6.45) is 0.497. The molecule has 2 aliphatic heterocycles. The number of ether oxygens (including phenoxy) is 1.